The Hall–Kier alpha value is -2.25. The third-order valence-electron chi connectivity index (χ3n) is 3.63. The molecule has 0 fully saturated rings. The van der Waals surface area contributed by atoms with E-state index in [0.29, 0.717) is 11.5 Å². The highest BCUT2D eigenvalue weighted by molar-refractivity contribution is 7.89. The summed E-state index contributed by atoms with van der Waals surface area (Å²) in [5, 5.41) is 0. The molecular formula is C17H21NO5S. The van der Waals surface area contributed by atoms with Crippen molar-refractivity contribution in [1.29, 1.82) is 0 Å². The van der Waals surface area contributed by atoms with Crippen LogP contribution in [0.25, 0.3) is 0 Å². The van der Waals surface area contributed by atoms with E-state index in [4.69, 9.17) is 14.2 Å². The number of benzene rings is 2. The van der Waals surface area contributed by atoms with E-state index in [9.17, 15) is 8.42 Å². The zero-order valence-electron chi connectivity index (χ0n) is 14.1. The van der Waals surface area contributed by atoms with Gasteiger partial charge in [-0.05, 0) is 29.8 Å². The number of nitrogens with zero attached hydrogens (tertiary/aromatic N) is 1. The summed E-state index contributed by atoms with van der Waals surface area (Å²) in [6.45, 7) is 0.251. The number of hydrogen-bond acceptors (Lipinski definition) is 5. The molecule has 0 amide bonds. The highest BCUT2D eigenvalue weighted by Crippen LogP contribution is 2.30. The molecule has 0 saturated heterocycles. The van der Waals surface area contributed by atoms with Gasteiger partial charge < -0.3 is 14.2 Å². The zero-order chi connectivity index (χ0) is 17.7. The SMILES string of the molecule is COc1ccc(CN(C)S(=O)(=O)c2ccc(OC)c(OC)c2)cc1. The van der Waals surface area contributed by atoms with Gasteiger partial charge in [-0.2, -0.15) is 4.31 Å². The first kappa shape index (κ1) is 18.1. The summed E-state index contributed by atoms with van der Waals surface area (Å²) >= 11 is 0. The first-order valence-electron chi connectivity index (χ1n) is 7.23. The lowest BCUT2D eigenvalue weighted by molar-refractivity contribution is 0.353. The van der Waals surface area contributed by atoms with Crippen molar-refractivity contribution in [2.45, 2.75) is 11.4 Å². The normalized spacial score (nSPS) is 11.4. The molecule has 0 bridgehead atoms. The molecular weight excluding hydrogens is 330 g/mol. The maximum Gasteiger partial charge on any atom is 0.243 e. The van der Waals surface area contributed by atoms with Gasteiger partial charge in [0.25, 0.3) is 0 Å². The molecule has 2 rings (SSSR count). The molecule has 0 saturated carbocycles. The molecule has 0 radical (unpaired) electrons. The van der Waals surface area contributed by atoms with E-state index in [2.05, 4.69) is 0 Å². The molecule has 0 aliphatic rings. The van der Waals surface area contributed by atoms with Crippen molar-refractivity contribution in [3.63, 3.8) is 0 Å². The fraction of sp³-hybridized carbons (Fsp3) is 0.294. The van der Waals surface area contributed by atoms with Crippen LogP contribution in [0.3, 0.4) is 0 Å². The third-order valence-corrected chi connectivity index (χ3v) is 5.43. The minimum Gasteiger partial charge on any atom is -0.497 e. The first-order chi connectivity index (χ1) is 11.4. The molecule has 0 aliphatic heterocycles. The number of methoxy groups -OCH3 is 3. The minimum atomic E-state index is -3.64. The van der Waals surface area contributed by atoms with Crippen LogP contribution >= 0.6 is 0 Å². The van der Waals surface area contributed by atoms with Crippen LogP contribution in [0.1, 0.15) is 5.56 Å². The second kappa shape index (κ2) is 7.55. The molecule has 24 heavy (non-hydrogen) atoms. The van der Waals surface area contributed by atoms with Gasteiger partial charge in [-0.1, -0.05) is 12.1 Å². The predicted molar refractivity (Wildman–Crippen MR) is 91.2 cm³/mol. The third kappa shape index (κ3) is 3.80. The largest absolute Gasteiger partial charge is 0.497 e. The van der Waals surface area contributed by atoms with Gasteiger partial charge in [0.05, 0.1) is 26.2 Å². The van der Waals surface area contributed by atoms with Gasteiger partial charge in [0.2, 0.25) is 10.0 Å². The Balaban J connectivity index is 2.25. The Morgan fingerprint density at radius 2 is 1.50 bits per heavy atom. The van der Waals surface area contributed by atoms with Crippen molar-refractivity contribution in [2.24, 2.45) is 0 Å². The van der Waals surface area contributed by atoms with E-state index in [1.807, 2.05) is 12.1 Å². The predicted octanol–water partition coefficient (Wildman–Crippen LogP) is 2.53. The van der Waals surface area contributed by atoms with Crippen LogP contribution in [0.4, 0.5) is 0 Å². The van der Waals surface area contributed by atoms with Gasteiger partial charge in [0.1, 0.15) is 5.75 Å². The highest BCUT2D eigenvalue weighted by atomic mass is 32.2. The van der Waals surface area contributed by atoms with Crippen molar-refractivity contribution in [1.82, 2.24) is 4.31 Å². The molecule has 6 nitrogen and oxygen atoms in total. The van der Waals surface area contributed by atoms with Crippen molar-refractivity contribution in [3.8, 4) is 17.2 Å². The van der Waals surface area contributed by atoms with Gasteiger partial charge in [-0.25, -0.2) is 8.42 Å². The smallest absolute Gasteiger partial charge is 0.243 e. The van der Waals surface area contributed by atoms with Crippen LogP contribution in [-0.2, 0) is 16.6 Å². The Bertz CT molecular complexity index is 787. The molecule has 0 aliphatic carbocycles. The van der Waals surface area contributed by atoms with Gasteiger partial charge in [0.15, 0.2) is 11.5 Å². The summed E-state index contributed by atoms with van der Waals surface area (Å²) in [5.74, 6) is 1.58. The molecule has 0 spiro atoms. The fourth-order valence-corrected chi connectivity index (χ4v) is 3.40. The van der Waals surface area contributed by atoms with Gasteiger partial charge >= 0.3 is 0 Å². The van der Waals surface area contributed by atoms with Crippen molar-refractivity contribution in [3.05, 3.63) is 48.0 Å². The second-order valence-corrected chi connectivity index (χ2v) is 7.17. The summed E-state index contributed by atoms with van der Waals surface area (Å²) in [6.07, 6.45) is 0. The Labute approximate surface area is 142 Å². The van der Waals surface area contributed by atoms with Gasteiger partial charge in [-0.3, -0.25) is 0 Å². The van der Waals surface area contributed by atoms with E-state index < -0.39 is 10.0 Å². The second-order valence-electron chi connectivity index (χ2n) is 5.13. The number of sulfonamides is 1. The molecule has 0 N–H and O–H groups in total. The van der Waals surface area contributed by atoms with Crippen LogP contribution in [0, 0.1) is 0 Å². The van der Waals surface area contributed by atoms with Gasteiger partial charge in [0, 0.05) is 19.7 Å². The van der Waals surface area contributed by atoms with E-state index in [1.165, 1.54) is 37.7 Å². The zero-order valence-corrected chi connectivity index (χ0v) is 15.0. The van der Waals surface area contributed by atoms with Crippen molar-refractivity contribution >= 4 is 10.0 Å². The average Bonchev–Trinajstić information content (AvgIpc) is 2.61. The fourth-order valence-electron chi connectivity index (χ4n) is 2.23. The summed E-state index contributed by atoms with van der Waals surface area (Å²) in [6, 6.07) is 11.8. The lowest BCUT2D eigenvalue weighted by atomic mass is 10.2. The molecule has 0 aromatic heterocycles. The van der Waals surface area contributed by atoms with Crippen LogP contribution in [-0.4, -0.2) is 41.1 Å². The minimum absolute atomic E-state index is 0.149. The molecule has 130 valence electrons. The molecule has 2 aromatic rings. The first-order valence-corrected chi connectivity index (χ1v) is 8.67. The highest BCUT2D eigenvalue weighted by Gasteiger charge is 2.22. The van der Waals surface area contributed by atoms with Crippen molar-refractivity contribution in [2.75, 3.05) is 28.4 Å². The summed E-state index contributed by atoms with van der Waals surface area (Å²) in [7, 11) is 2.45. The van der Waals surface area contributed by atoms with E-state index in [1.54, 1.807) is 25.3 Å². The van der Waals surface area contributed by atoms with Crippen LogP contribution < -0.4 is 14.2 Å². The summed E-state index contributed by atoms with van der Waals surface area (Å²) < 4.78 is 42.2. The van der Waals surface area contributed by atoms with E-state index in [0.717, 1.165) is 11.3 Å². The topological polar surface area (TPSA) is 65.1 Å². The number of hydrogen-bond donors (Lipinski definition) is 0. The lowest BCUT2D eigenvalue weighted by Gasteiger charge is -2.18. The average molecular weight is 351 g/mol. The van der Waals surface area contributed by atoms with Crippen LogP contribution in [0.15, 0.2) is 47.4 Å². The Morgan fingerprint density at radius 1 is 0.875 bits per heavy atom. The molecule has 0 heterocycles. The lowest BCUT2D eigenvalue weighted by Crippen LogP contribution is -2.26. The van der Waals surface area contributed by atoms with Crippen LogP contribution in [0.2, 0.25) is 0 Å². The summed E-state index contributed by atoms with van der Waals surface area (Å²) in [5.41, 5.74) is 0.863. The Morgan fingerprint density at radius 3 is 2.04 bits per heavy atom. The van der Waals surface area contributed by atoms with Gasteiger partial charge in [-0.15, -0.1) is 0 Å². The molecule has 0 atom stereocenters. The quantitative estimate of drug-likeness (QED) is 0.767. The molecule has 2 aromatic carbocycles. The maximum absolute atomic E-state index is 12.7. The number of ether oxygens (including phenoxy) is 3. The monoisotopic (exact) mass is 351 g/mol. The van der Waals surface area contributed by atoms with Crippen molar-refractivity contribution < 1.29 is 22.6 Å². The number of rotatable bonds is 7. The summed E-state index contributed by atoms with van der Waals surface area (Å²) in [4.78, 5) is 0.149. The van der Waals surface area contributed by atoms with E-state index >= 15 is 0 Å². The maximum atomic E-state index is 12.7. The van der Waals surface area contributed by atoms with E-state index in [-0.39, 0.29) is 11.4 Å². The van der Waals surface area contributed by atoms with Crippen LogP contribution in [0.5, 0.6) is 17.2 Å². The standard InChI is InChI=1S/C17H21NO5S/c1-18(12-13-5-7-14(21-2)8-6-13)24(19,20)15-9-10-16(22-3)17(11-15)23-4/h5-11H,12H2,1-4H3. The molecule has 0 unspecified atom stereocenters. The Kier molecular flexibility index (Phi) is 5.69. The molecule has 7 heteroatoms.